The molecule has 0 unspecified atom stereocenters. The average Bonchev–Trinajstić information content (AvgIpc) is 2.62. The van der Waals surface area contributed by atoms with Crippen LogP contribution < -0.4 is 16.0 Å². The van der Waals surface area contributed by atoms with E-state index < -0.39 is 0 Å². The van der Waals surface area contributed by atoms with E-state index in [0.717, 1.165) is 5.56 Å². The Morgan fingerprint density at radius 2 is 1.88 bits per heavy atom. The molecule has 1 fully saturated rings. The van der Waals surface area contributed by atoms with Crippen molar-refractivity contribution in [3.8, 4) is 0 Å². The summed E-state index contributed by atoms with van der Waals surface area (Å²) in [6.45, 7) is 1.65. The molecular formula is C19H30FIN4O. The van der Waals surface area contributed by atoms with Gasteiger partial charge in [-0.1, -0.05) is 31.4 Å². The lowest BCUT2D eigenvalue weighted by Crippen LogP contribution is -2.41. The molecule has 0 heterocycles. The Kier molecular flexibility index (Phi) is 11.2. The van der Waals surface area contributed by atoms with Crippen molar-refractivity contribution in [2.75, 3.05) is 20.1 Å². The Morgan fingerprint density at radius 3 is 2.58 bits per heavy atom. The minimum Gasteiger partial charge on any atom is -0.355 e. The molecule has 0 bridgehead atoms. The Bertz CT molecular complexity index is 576. The summed E-state index contributed by atoms with van der Waals surface area (Å²) >= 11 is 0. The van der Waals surface area contributed by atoms with E-state index in [-0.39, 0.29) is 35.7 Å². The van der Waals surface area contributed by atoms with Crippen molar-refractivity contribution in [1.82, 2.24) is 16.0 Å². The summed E-state index contributed by atoms with van der Waals surface area (Å²) in [5, 5.41) is 9.23. The SMILES string of the molecule is CN=C(NCCNC(=O)CC1CCCCC1)NCc1cccc(F)c1.I. The van der Waals surface area contributed by atoms with Crippen molar-refractivity contribution >= 4 is 35.8 Å². The van der Waals surface area contributed by atoms with Crippen molar-refractivity contribution in [2.45, 2.75) is 45.1 Å². The van der Waals surface area contributed by atoms with Gasteiger partial charge in [-0.05, 0) is 36.5 Å². The predicted octanol–water partition coefficient (Wildman–Crippen LogP) is 3.20. The fraction of sp³-hybridized carbons (Fsp3) is 0.579. The zero-order chi connectivity index (χ0) is 17.9. The van der Waals surface area contributed by atoms with Gasteiger partial charge >= 0.3 is 0 Å². The summed E-state index contributed by atoms with van der Waals surface area (Å²) in [7, 11) is 1.68. The highest BCUT2D eigenvalue weighted by Crippen LogP contribution is 2.25. The molecule has 1 aromatic rings. The van der Waals surface area contributed by atoms with Gasteiger partial charge in [-0.2, -0.15) is 0 Å². The quantitative estimate of drug-likeness (QED) is 0.245. The molecule has 26 heavy (non-hydrogen) atoms. The summed E-state index contributed by atoms with van der Waals surface area (Å²) < 4.78 is 13.2. The van der Waals surface area contributed by atoms with E-state index >= 15 is 0 Å². The second-order valence-electron chi connectivity index (χ2n) is 6.54. The van der Waals surface area contributed by atoms with Gasteiger partial charge in [-0.25, -0.2) is 4.39 Å². The molecule has 0 aromatic heterocycles. The van der Waals surface area contributed by atoms with Crippen LogP contribution in [0.2, 0.25) is 0 Å². The first-order chi connectivity index (χ1) is 12.2. The molecule has 1 saturated carbocycles. The summed E-state index contributed by atoms with van der Waals surface area (Å²) in [5.41, 5.74) is 0.851. The van der Waals surface area contributed by atoms with Gasteiger partial charge in [0.2, 0.25) is 5.91 Å². The molecule has 2 rings (SSSR count). The first-order valence-electron chi connectivity index (χ1n) is 9.13. The molecule has 1 amide bonds. The molecule has 0 atom stereocenters. The van der Waals surface area contributed by atoms with E-state index in [1.165, 1.54) is 44.2 Å². The van der Waals surface area contributed by atoms with Gasteiger partial charge in [0, 0.05) is 33.1 Å². The maximum absolute atomic E-state index is 13.2. The number of nitrogens with one attached hydrogen (secondary N) is 3. The van der Waals surface area contributed by atoms with Crippen molar-refractivity contribution in [3.05, 3.63) is 35.6 Å². The van der Waals surface area contributed by atoms with Crippen LogP contribution in [0.25, 0.3) is 0 Å². The van der Waals surface area contributed by atoms with E-state index in [4.69, 9.17) is 0 Å². The number of hydrogen-bond donors (Lipinski definition) is 3. The van der Waals surface area contributed by atoms with Gasteiger partial charge in [-0.15, -0.1) is 24.0 Å². The lowest BCUT2D eigenvalue weighted by molar-refractivity contribution is -0.122. The summed E-state index contributed by atoms with van der Waals surface area (Å²) in [5.74, 6) is 1.08. The van der Waals surface area contributed by atoms with Crippen LogP contribution in [0.1, 0.15) is 44.1 Å². The molecule has 1 aliphatic carbocycles. The Morgan fingerprint density at radius 1 is 1.15 bits per heavy atom. The molecule has 0 saturated heterocycles. The van der Waals surface area contributed by atoms with Gasteiger partial charge in [-0.3, -0.25) is 9.79 Å². The van der Waals surface area contributed by atoms with Crippen LogP contribution in [-0.4, -0.2) is 32.0 Å². The van der Waals surface area contributed by atoms with E-state index in [1.54, 1.807) is 13.1 Å². The van der Waals surface area contributed by atoms with E-state index in [1.807, 2.05) is 6.07 Å². The van der Waals surface area contributed by atoms with Crippen LogP contribution in [0.15, 0.2) is 29.3 Å². The maximum Gasteiger partial charge on any atom is 0.220 e. The molecule has 3 N–H and O–H groups in total. The minimum absolute atomic E-state index is 0. The Hall–Kier alpha value is -1.38. The molecule has 0 aliphatic heterocycles. The zero-order valence-electron chi connectivity index (χ0n) is 15.4. The normalized spacial score (nSPS) is 15.1. The maximum atomic E-state index is 13.2. The molecule has 7 heteroatoms. The average molecular weight is 476 g/mol. The molecule has 1 aliphatic rings. The number of halogens is 2. The second-order valence-corrected chi connectivity index (χ2v) is 6.54. The largest absolute Gasteiger partial charge is 0.355 e. The smallest absolute Gasteiger partial charge is 0.220 e. The molecule has 5 nitrogen and oxygen atoms in total. The van der Waals surface area contributed by atoms with Crippen LogP contribution in [0.5, 0.6) is 0 Å². The van der Waals surface area contributed by atoms with Crippen molar-refractivity contribution in [2.24, 2.45) is 10.9 Å². The number of amides is 1. The van der Waals surface area contributed by atoms with Gasteiger partial charge in [0.1, 0.15) is 5.82 Å². The third-order valence-electron chi connectivity index (χ3n) is 4.51. The number of benzene rings is 1. The Balaban J connectivity index is 0.00000338. The molecule has 1 aromatic carbocycles. The fourth-order valence-corrected chi connectivity index (χ4v) is 3.16. The molecule has 146 valence electrons. The topological polar surface area (TPSA) is 65.5 Å². The van der Waals surface area contributed by atoms with E-state index in [9.17, 15) is 9.18 Å². The van der Waals surface area contributed by atoms with Gasteiger partial charge in [0.25, 0.3) is 0 Å². The number of aliphatic imine (C=N–C) groups is 1. The summed E-state index contributed by atoms with van der Waals surface area (Å²) in [6, 6.07) is 6.46. The standard InChI is InChI=1S/C19H29FN4O.HI/c1-21-19(24-14-16-8-5-9-17(20)12-16)23-11-10-22-18(25)13-15-6-3-2-4-7-15;/h5,8-9,12,15H,2-4,6-7,10-11,13-14H2,1H3,(H,22,25)(H2,21,23,24);1H. The van der Waals surface area contributed by atoms with Crippen molar-refractivity contribution in [1.29, 1.82) is 0 Å². The molecule has 0 radical (unpaired) electrons. The first-order valence-corrected chi connectivity index (χ1v) is 9.13. The van der Waals surface area contributed by atoms with Crippen LogP contribution in [0.4, 0.5) is 4.39 Å². The third kappa shape index (κ3) is 8.82. The minimum atomic E-state index is -0.247. The van der Waals surface area contributed by atoms with E-state index in [2.05, 4.69) is 20.9 Å². The van der Waals surface area contributed by atoms with Gasteiger partial charge < -0.3 is 16.0 Å². The van der Waals surface area contributed by atoms with Crippen LogP contribution in [0, 0.1) is 11.7 Å². The number of hydrogen-bond acceptors (Lipinski definition) is 2. The monoisotopic (exact) mass is 476 g/mol. The molecule has 0 spiro atoms. The Labute approximate surface area is 172 Å². The number of guanidine groups is 1. The third-order valence-corrected chi connectivity index (χ3v) is 4.51. The highest BCUT2D eigenvalue weighted by Gasteiger charge is 2.16. The summed E-state index contributed by atoms with van der Waals surface area (Å²) in [6.07, 6.45) is 6.83. The fourth-order valence-electron chi connectivity index (χ4n) is 3.16. The first kappa shape index (κ1) is 22.7. The van der Waals surface area contributed by atoms with Crippen LogP contribution in [-0.2, 0) is 11.3 Å². The number of carbonyl (C=O) groups is 1. The lowest BCUT2D eigenvalue weighted by Gasteiger charge is -2.20. The van der Waals surface area contributed by atoms with Crippen molar-refractivity contribution < 1.29 is 9.18 Å². The lowest BCUT2D eigenvalue weighted by atomic mass is 9.87. The van der Waals surface area contributed by atoms with Gasteiger partial charge in [0.15, 0.2) is 5.96 Å². The molecular weight excluding hydrogens is 446 g/mol. The van der Waals surface area contributed by atoms with Crippen LogP contribution in [0.3, 0.4) is 0 Å². The van der Waals surface area contributed by atoms with Gasteiger partial charge in [0.05, 0.1) is 0 Å². The summed E-state index contributed by atoms with van der Waals surface area (Å²) in [4.78, 5) is 16.1. The number of carbonyl (C=O) groups excluding carboxylic acids is 1. The van der Waals surface area contributed by atoms with E-state index in [0.29, 0.717) is 37.9 Å². The van der Waals surface area contributed by atoms with Crippen LogP contribution >= 0.6 is 24.0 Å². The second kappa shape index (κ2) is 12.9. The van der Waals surface area contributed by atoms with Crippen molar-refractivity contribution in [3.63, 3.8) is 0 Å². The highest BCUT2D eigenvalue weighted by atomic mass is 127. The number of rotatable bonds is 7. The highest BCUT2D eigenvalue weighted by molar-refractivity contribution is 14.0. The number of nitrogens with zero attached hydrogens (tertiary/aromatic N) is 1. The zero-order valence-corrected chi connectivity index (χ0v) is 17.7. The predicted molar refractivity (Wildman–Crippen MR) is 114 cm³/mol.